The molecule has 1 amide bonds. The van der Waals surface area contributed by atoms with Crippen molar-refractivity contribution >= 4 is 12.1 Å². The molecule has 108 valence electrons. The summed E-state index contributed by atoms with van der Waals surface area (Å²) >= 11 is 0. The molecule has 20 heavy (non-hydrogen) atoms. The minimum atomic E-state index is -0.285. The van der Waals surface area contributed by atoms with Crippen LogP contribution in [0.1, 0.15) is 31.2 Å². The lowest BCUT2D eigenvalue weighted by atomic mass is 10.2. The van der Waals surface area contributed by atoms with E-state index >= 15 is 0 Å². The Kier molecular flexibility index (Phi) is 5.68. The van der Waals surface area contributed by atoms with Gasteiger partial charge in [-0.1, -0.05) is 25.0 Å². The van der Waals surface area contributed by atoms with Crippen LogP contribution in [-0.4, -0.2) is 36.7 Å². The Hall–Kier alpha value is -1.75. The second kappa shape index (κ2) is 7.75. The van der Waals surface area contributed by atoms with Crippen LogP contribution in [0.5, 0.6) is 0 Å². The van der Waals surface area contributed by atoms with Gasteiger partial charge in [0, 0.05) is 0 Å². The number of likely N-dealkylation sites (tertiary alicyclic amines) is 1. The molecule has 0 aromatic heterocycles. The predicted molar refractivity (Wildman–Crippen MR) is 77.0 cm³/mol. The van der Waals surface area contributed by atoms with Crippen LogP contribution >= 0.6 is 0 Å². The molecule has 1 aromatic carbocycles. The second-order valence-electron chi connectivity index (χ2n) is 5.04. The van der Waals surface area contributed by atoms with Crippen molar-refractivity contribution in [2.24, 2.45) is 5.10 Å². The van der Waals surface area contributed by atoms with E-state index in [-0.39, 0.29) is 11.7 Å². The third-order valence-corrected chi connectivity index (χ3v) is 3.34. The third-order valence-electron chi connectivity index (χ3n) is 3.34. The summed E-state index contributed by atoms with van der Waals surface area (Å²) in [7, 11) is 0. The Labute approximate surface area is 118 Å². The molecule has 2 rings (SSSR count). The number of nitrogens with zero attached hydrogens (tertiary/aromatic N) is 2. The van der Waals surface area contributed by atoms with Gasteiger partial charge in [-0.2, -0.15) is 5.10 Å². The Morgan fingerprint density at radius 3 is 2.50 bits per heavy atom. The van der Waals surface area contributed by atoms with E-state index in [9.17, 15) is 9.18 Å². The lowest BCUT2D eigenvalue weighted by Crippen LogP contribution is -2.35. The first-order valence-electron chi connectivity index (χ1n) is 7.04. The molecule has 1 saturated heterocycles. The van der Waals surface area contributed by atoms with E-state index in [0.29, 0.717) is 6.54 Å². The molecule has 5 heteroatoms. The molecule has 1 fully saturated rings. The van der Waals surface area contributed by atoms with E-state index in [1.54, 1.807) is 12.1 Å². The van der Waals surface area contributed by atoms with E-state index in [4.69, 9.17) is 0 Å². The molecule has 0 unspecified atom stereocenters. The highest BCUT2D eigenvalue weighted by Gasteiger charge is 2.12. The van der Waals surface area contributed by atoms with Gasteiger partial charge in [0.2, 0.25) is 0 Å². The van der Waals surface area contributed by atoms with Gasteiger partial charge < -0.3 is 0 Å². The van der Waals surface area contributed by atoms with E-state index in [0.717, 1.165) is 31.5 Å². The maximum absolute atomic E-state index is 12.7. The summed E-state index contributed by atoms with van der Waals surface area (Å²) in [6.07, 6.45) is 6.33. The molecule has 0 aliphatic carbocycles. The minimum Gasteiger partial charge on any atom is -0.294 e. The van der Waals surface area contributed by atoms with Crippen molar-refractivity contribution in [1.29, 1.82) is 0 Å². The highest BCUT2D eigenvalue weighted by atomic mass is 19.1. The van der Waals surface area contributed by atoms with Crippen LogP contribution in [0, 0.1) is 5.82 Å². The summed E-state index contributed by atoms with van der Waals surface area (Å²) in [5, 5.41) is 3.89. The highest BCUT2D eigenvalue weighted by molar-refractivity contribution is 5.83. The smallest absolute Gasteiger partial charge is 0.254 e. The molecule has 4 nitrogen and oxygen atoms in total. The zero-order valence-corrected chi connectivity index (χ0v) is 11.5. The molecule has 1 aliphatic rings. The summed E-state index contributed by atoms with van der Waals surface area (Å²) in [5.74, 6) is -0.391. The Bertz CT molecular complexity index is 451. The lowest BCUT2D eigenvalue weighted by Gasteiger charge is -2.17. The van der Waals surface area contributed by atoms with Crippen LogP contribution in [0.3, 0.4) is 0 Å². The molecule has 1 N–H and O–H groups in total. The highest BCUT2D eigenvalue weighted by Crippen LogP contribution is 2.08. The van der Waals surface area contributed by atoms with Crippen molar-refractivity contribution in [1.82, 2.24) is 10.3 Å². The van der Waals surface area contributed by atoms with Crippen LogP contribution in [-0.2, 0) is 4.79 Å². The van der Waals surface area contributed by atoms with Gasteiger partial charge in [-0.05, 0) is 43.6 Å². The number of carbonyl (C=O) groups is 1. The average molecular weight is 277 g/mol. The SMILES string of the molecule is O=C(CN1CCCCCC1)NN=Cc1ccc(F)cc1. The third kappa shape index (κ3) is 5.09. The van der Waals surface area contributed by atoms with E-state index in [1.165, 1.54) is 31.2 Å². The lowest BCUT2D eigenvalue weighted by molar-refractivity contribution is -0.122. The normalized spacial score (nSPS) is 17.1. The molecular weight excluding hydrogens is 257 g/mol. The summed E-state index contributed by atoms with van der Waals surface area (Å²) in [6, 6.07) is 5.94. The summed E-state index contributed by atoms with van der Waals surface area (Å²) < 4.78 is 12.7. The van der Waals surface area contributed by atoms with Crippen molar-refractivity contribution < 1.29 is 9.18 Å². The first-order valence-corrected chi connectivity index (χ1v) is 7.04. The van der Waals surface area contributed by atoms with E-state index < -0.39 is 0 Å². The van der Waals surface area contributed by atoms with Gasteiger partial charge in [-0.25, -0.2) is 9.82 Å². The van der Waals surface area contributed by atoms with Crippen LogP contribution in [0.2, 0.25) is 0 Å². The number of hydrogen-bond acceptors (Lipinski definition) is 3. The maximum atomic E-state index is 12.7. The summed E-state index contributed by atoms with van der Waals surface area (Å²) in [4.78, 5) is 13.9. The van der Waals surface area contributed by atoms with Gasteiger partial charge in [-0.3, -0.25) is 9.69 Å². The Balaban J connectivity index is 1.75. The fourth-order valence-corrected chi connectivity index (χ4v) is 2.26. The Morgan fingerprint density at radius 1 is 1.20 bits per heavy atom. The van der Waals surface area contributed by atoms with Crippen molar-refractivity contribution in [3.05, 3.63) is 35.6 Å². The number of hydrogen-bond donors (Lipinski definition) is 1. The monoisotopic (exact) mass is 277 g/mol. The average Bonchev–Trinajstić information content (AvgIpc) is 2.70. The van der Waals surface area contributed by atoms with Gasteiger partial charge in [0.25, 0.3) is 5.91 Å². The van der Waals surface area contributed by atoms with Crippen molar-refractivity contribution in [3.63, 3.8) is 0 Å². The largest absolute Gasteiger partial charge is 0.294 e. The van der Waals surface area contributed by atoms with Gasteiger partial charge in [-0.15, -0.1) is 0 Å². The van der Waals surface area contributed by atoms with Gasteiger partial charge >= 0.3 is 0 Å². The van der Waals surface area contributed by atoms with E-state index in [1.807, 2.05) is 0 Å². The minimum absolute atomic E-state index is 0.106. The number of nitrogens with one attached hydrogen (secondary N) is 1. The number of amides is 1. The summed E-state index contributed by atoms with van der Waals surface area (Å²) in [6.45, 7) is 2.35. The fourth-order valence-electron chi connectivity index (χ4n) is 2.26. The molecule has 0 radical (unpaired) electrons. The molecule has 0 saturated carbocycles. The summed E-state index contributed by atoms with van der Waals surface area (Å²) in [5.41, 5.74) is 3.26. The molecule has 0 atom stereocenters. The van der Waals surface area contributed by atoms with Gasteiger partial charge in [0.1, 0.15) is 5.82 Å². The predicted octanol–water partition coefficient (Wildman–Crippen LogP) is 2.15. The van der Waals surface area contributed by atoms with Crippen LogP contribution in [0.15, 0.2) is 29.4 Å². The number of benzene rings is 1. The van der Waals surface area contributed by atoms with Crippen LogP contribution < -0.4 is 5.43 Å². The van der Waals surface area contributed by atoms with Gasteiger partial charge in [0.15, 0.2) is 0 Å². The Morgan fingerprint density at radius 2 is 1.85 bits per heavy atom. The molecule has 1 heterocycles. The number of hydrazone groups is 1. The van der Waals surface area contributed by atoms with Gasteiger partial charge in [0.05, 0.1) is 12.8 Å². The molecule has 1 aromatic rings. The van der Waals surface area contributed by atoms with Crippen molar-refractivity contribution in [3.8, 4) is 0 Å². The molecular formula is C15H20FN3O. The number of carbonyl (C=O) groups excluding carboxylic acids is 1. The van der Waals surface area contributed by atoms with E-state index in [2.05, 4.69) is 15.4 Å². The maximum Gasteiger partial charge on any atom is 0.254 e. The van der Waals surface area contributed by atoms with Crippen LogP contribution in [0.4, 0.5) is 4.39 Å². The first kappa shape index (κ1) is 14.7. The van der Waals surface area contributed by atoms with Crippen molar-refractivity contribution in [2.45, 2.75) is 25.7 Å². The first-order chi connectivity index (χ1) is 9.74. The standard InChI is InChI=1S/C15H20FN3O/c16-14-7-5-13(6-8-14)11-17-18-15(20)12-19-9-3-1-2-4-10-19/h5-8,11H,1-4,9-10,12H2,(H,18,20). The van der Waals surface area contributed by atoms with Crippen LogP contribution in [0.25, 0.3) is 0 Å². The molecule has 1 aliphatic heterocycles. The topological polar surface area (TPSA) is 44.7 Å². The fraction of sp³-hybridized carbons (Fsp3) is 0.467. The number of halogens is 1. The van der Waals surface area contributed by atoms with Crippen molar-refractivity contribution in [2.75, 3.05) is 19.6 Å². The number of rotatable bonds is 4. The zero-order chi connectivity index (χ0) is 14.2. The molecule has 0 bridgehead atoms. The second-order valence-corrected chi connectivity index (χ2v) is 5.04. The zero-order valence-electron chi connectivity index (χ0n) is 11.5. The quantitative estimate of drug-likeness (QED) is 0.677. The molecule has 0 spiro atoms.